The summed E-state index contributed by atoms with van der Waals surface area (Å²) in [4.78, 5) is 13.6. The van der Waals surface area contributed by atoms with Crippen LogP contribution in [-0.4, -0.2) is 43.3 Å². The summed E-state index contributed by atoms with van der Waals surface area (Å²) in [6.45, 7) is 5.22. The molecule has 3 aromatic heterocycles. The van der Waals surface area contributed by atoms with E-state index >= 15 is 0 Å². The highest BCUT2D eigenvalue weighted by molar-refractivity contribution is 5.87. The number of fused-ring (bicyclic) bond motifs is 1. The Labute approximate surface area is 186 Å². The number of amides is 1. The minimum atomic E-state index is 0.0249. The van der Waals surface area contributed by atoms with Gasteiger partial charge in [-0.3, -0.25) is 9.48 Å². The summed E-state index contributed by atoms with van der Waals surface area (Å²) in [5.41, 5.74) is 5.82. The predicted octanol–water partition coefficient (Wildman–Crippen LogP) is 3.74. The van der Waals surface area contributed by atoms with Gasteiger partial charge in [0.05, 0.1) is 23.5 Å². The Morgan fingerprint density at radius 3 is 2.72 bits per heavy atom. The Kier molecular flexibility index (Phi) is 4.78. The van der Waals surface area contributed by atoms with Crippen LogP contribution >= 0.6 is 0 Å². The number of carbonyl (C=O) groups is 1. The van der Waals surface area contributed by atoms with Crippen LogP contribution in [0.4, 0.5) is 0 Å². The molecule has 1 aliphatic carbocycles. The van der Waals surface area contributed by atoms with Gasteiger partial charge in [-0.2, -0.15) is 15.5 Å². The van der Waals surface area contributed by atoms with Gasteiger partial charge in [-0.05, 0) is 31.4 Å². The highest BCUT2D eigenvalue weighted by Gasteiger charge is 2.44. The van der Waals surface area contributed by atoms with Crippen LogP contribution in [0, 0.1) is 16.7 Å². The first-order valence-corrected chi connectivity index (χ1v) is 10.7. The largest absolute Gasteiger partial charge is 0.338 e. The maximum Gasteiger partial charge on any atom is 0.245 e. The maximum absolute atomic E-state index is 11.8. The zero-order valence-corrected chi connectivity index (χ0v) is 18.0. The molecule has 0 saturated carbocycles. The van der Waals surface area contributed by atoms with E-state index in [1.54, 1.807) is 15.4 Å². The van der Waals surface area contributed by atoms with E-state index in [0.29, 0.717) is 5.56 Å². The number of likely N-dealkylation sites (tertiary alicyclic amines) is 1. The van der Waals surface area contributed by atoms with Gasteiger partial charge < -0.3 is 4.90 Å². The summed E-state index contributed by atoms with van der Waals surface area (Å²) in [5.74, 6) is 0.0249. The number of allylic oxidation sites excluding steroid dienone is 3. The molecule has 32 heavy (non-hydrogen) atoms. The molecule has 0 N–H and O–H groups in total. The lowest BCUT2D eigenvalue weighted by Gasteiger charge is -2.51. The predicted molar refractivity (Wildman–Crippen MR) is 122 cm³/mol. The van der Waals surface area contributed by atoms with E-state index in [1.807, 2.05) is 30.5 Å². The van der Waals surface area contributed by atoms with Crippen molar-refractivity contribution in [3.63, 3.8) is 0 Å². The van der Waals surface area contributed by atoms with Gasteiger partial charge in [0.15, 0.2) is 0 Å². The summed E-state index contributed by atoms with van der Waals surface area (Å²) >= 11 is 0. The molecule has 0 atom stereocenters. The number of carbonyl (C=O) groups excluding carboxylic acids is 1. The number of nitrogens with zero attached hydrogens (tertiary/aromatic N) is 6. The van der Waals surface area contributed by atoms with Gasteiger partial charge in [0.2, 0.25) is 5.91 Å². The molecule has 0 unspecified atom stereocenters. The molecule has 0 bridgehead atoms. The maximum atomic E-state index is 11.8. The number of aryl methyl sites for hydroxylation is 1. The fourth-order valence-corrected chi connectivity index (χ4v) is 4.73. The lowest BCUT2D eigenvalue weighted by Crippen LogP contribution is -2.58. The van der Waals surface area contributed by atoms with Crippen molar-refractivity contribution in [2.45, 2.75) is 19.3 Å². The zero-order chi connectivity index (χ0) is 22.3. The van der Waals surface area contributed by atoms with E-state index in [1.165, 1.54) is 11.6 Å². The molecule has 1 saturated heterocycles. The van der Waals surface area contributed by atoms with Gasteiger partial charge in [-0.25, -0.2) is 4.52 Å². The SMILES string of the molecule is C=CC(=O)N1CC2(CC=C(/C=C/c3cc(-c4cnn(C)c4)cn4ncc(C#N)c34)CC2)C1. The van der Waals surface area contributed by atoms with Gasteiger partial charge in [-0.1, -0.05) is 30.4 Å². The molecular formula is C25H24N6O. The second-order valence-electron chi connectivity index (χ2n) is 8.76. The average molecular weight is 425 g/mol. The normalized spacial score (nSPS) is 17.4. The van der Waals surface area contributed by atoms with Gasteiger partial charge in [0, 0.05) is 54.6 Å². The van der Waals surface area contributed by atoms with Gasteiger partial charge in [0.1, 0.15) is 6.07 Å². The summed E-state index contributed by atoms with van der Waals surface area (Å²) in [7, 11) is 1.89. The minimum Gasteiger partial charge on any atom is -0.338 e. The summed E-state index contributed by atoms with van der Waals surface area (Å²) in [6, 6.07) is 4.33. The van der Waals surface area contributed by atoms with E-state index in [4.69, 9.17) is 0 Å². The lowest BCUT2D eigenvalue weighted by atomic mass is 9.69. The average Bonchev–Trinajstić information content (AvgIpc) is 3.41. The smallest absolute Gasteiger partial charge is 0.245 e. The van der Waals surface area contributed by atoms with Crippen LogP contribution in [0.5, 0.6) is 0 Å². The quantitative estimate of drug-likeness (QED) is 0.598. The van der Waals surface area contributed by atoms with Crippen molar-refractivity contribution < 1.29 is 4.79 Å². The number of pyridine rings is 1. The van der Waals surface area contributed by atoms with Crippen molar-refractivity contribution in [3.8, 4) is 17.2 Å². The van der Waals surface area contributed by atoms with E-state index in [0.717, 1.165) is 54.6 Å². The lowest BCUT2D eigenvalue weighted by molar-refractivity contribution is -0.138. The second kappa shape index (κ2) is 7.65. The van der Waals surface area contributed by atoms with Crippen LogP contribution in [0.25, 0.3) is 22.7 Å². The molecule has 2 aliphatic rings. The molecule has 1 amide bonds. The Balaban J connectivity index is 1.41. The fourth-order valence-electron chi connectivity index (χ4n) is 4.73. The Morgan fingerprint density at radius 2 is 2.06 bits per heavy atom. The molecule has 3 aromatic rings. The molecule has 1 fully saturated rings. The van der Waals surface area contributed by atoms with E-state index in [9.17, 15) is 10.1 Å². The van der Waals surface area contributed by atoms with Crippen LogP contribution in [-0.2, 0) is 11.8 Å². The Morgan fingerprint density at radius 1 is 1.22 bits per heavy atom. The van der Waals surface area contributed by atoms with E-state index in [2.05, 4.69) is 47.1 Å². The third kappa shape index (κ3) is 3.44. The first-order valence-electron chi connectivity index (χ1n) is 10.7. The fraction of sp³-hybridized carbons (Fsp3) is 0.280. The summed E-state index contributed by atoms with van der Waals surface area (Å²) < 4.78 is 3.54. The number of nitriles is 1. The summed E-state index contributed by atoms with van der Waals surface area (Å²) in [6.07, 6.45) is 18.3. The van der Waals surface area contributed by atoms with Crippen LogP contribution in [0.1, 0.15) is 30.4 Å². The number of hydrogen-bond donors (Lipinski definition) is 0. The Hall–Kier alpha value is -3.92. The molecule has 160 valence electrons. The monoisotopic (exact) mass is 424 g/mol. The van der Waals surface area contributed by atoms with Gasteiger partial charge >= 0.3 is 0 Å². The van der Waals surface area contributed by atoms with E-state index < -0.39 is 0 Å². The molecule has 5 rings (SSSR count). The topological polar surface area (TPSA) is 79.2 Å². The number of hydrogen-bond acceptors (Lipinski definition) is 4. The van der Waals surface area contributed by atoms with Crippen LogP contribution in [0.15, 0.2) is 61.2 Å². The van der Waals surface area contributed by atoms with Crippen molar-refractivity contribution in [2.24, 2.45) is 12.5 Å². The molecule has 7 nitrogen and oxygen atoms in total. The molecule has 4 heterocycles. The number of rotatable bonds is 4. The molecule has 1 spiro atoms. The van der Waals surface area contributed by atoms with Gasteiger partial charge in [0.25, 0.3) is 0 Å². The highest BCUT2D eigenvalue weighted by atomic mass is 16.2. The van der Waals surface area contributed by atoms with Crippen molar-refractivity contribution in [2.75, 3.05) is 13.1 Å². The van der Waals surface area contributed by atoms with Crippen LogP contribution in [0.3, 0.4) is 0 Å². The third-order valence-electron chi connectivity index (χ3n) is 6.56. The van der Waals surface area contributed by atoms with Crippen LogP contribution < -0.4 is 0 Å². The Bertz CT molecular complexity index is 1330. The first-order chi connectivity index (χ1) is 15.5. The van der Waals surface area contributed by atoms with Crippen molar-refractivity contribution in [1.29, 1.82) is 5.26 Å². The highest BCUT2D eigenvalue weighted by Crippen LogP contribution is 2.43. The summed E-state index contributed by atoms with van der Waals surface area (Å²) in [5, 5.41) is 18.2. The second-order valence-corrected chi connectivity index (χ2v) is 8.76. The first kappa shape index (κ1) is 20.0. The van der Waals surface area contributed by atoms with Crippen molar-refractivity contribution in [3.05, 3.63) is 72.4 Å². The number of aromatic nitrogens is 4. The van der Waals surface area contributed by atoms with Crippen molar-refractivity contribution >= 4 is 17.5 Å². The molecule has 0 aromatic carbocycles. The van der Waals surface area contributed by atoms with Crippen LogP contribution in [0.2, 0.25) is 0 Å². The zero-order valence-electron chi connectivity index (χ0n) is 18.0. The molecule has 0 radical (unpaired) electrons. The van der Waals surface area contributed by atoms with Gasteiger partial charge in [-0.15, -0.1) is 0 Å². The standard InChI is InChI=1S/C25H24N6O/c1-3-23(32)30-16-25(17-30)8-6-18(7-9-25)4-5-19-10-20(22-13-27-29(2)14-22)15-31-24(19)21(11-26)12-28-31/h3-6,10,12-15H,1,7-9,16-17H2,2H3/b5-4+. The minimum absolute atomic E-state index is 0.0249. The molecule has 1 aliphatic heterocycles. The third-order valence-corrected chi connectivity index (χ3v) is 6.56. The van der Waals surface area contributed by atoms with Crippen molar-refractivity contribution in [1.82, 2.24) is 24.3 Å². The molecule has 7 heteroatoms. The van der Waals surface area contributed by atoms with E-state index in [-0.39, 0.29) is 11.3 Å². The molecular weight excluding hydrogens is 400 g/mol.